The van der Waals surface area contributed by atoms with Crippen LogP contribution in [0.1, 0.15) is 36.6 Å². The number of nitrogens with zero attached hydrogens (tertiary/aromatic N) is 1. The van der Waals surface area contributed by atoms with Crippen molar-refractivity contribution in [3.05, 3.63) is 63.1 Å². The molecule has 0 aliphatic carbocycles. The quantitative estimate of drug-likeness (QED) is 0.510. The summed E-state index contributed by atoms with van der Waals surface area (Å²) in [7, 11) is 1.41. The molecule has 0 aromatic heterocycles. The third-order valence-electron chi connectivity index (χ3n) is 3.79. The Morgan fingerprint density at radius 1 is 1.17 bits per heavy atom. The largest absolute Gasteiger partial charge is 0.398 e. The van der Waals surface area contributed by atoms with Crippen LogP contribution >= 0.6 is 15.9 Å². The maximum absolute atomic E-state index is 12.4. The molecule has 1 aliphatic heterocycles. The van der Waals surface area contributed by atoms with Crippen molar-refractivity contribution in [2.45, 2.75) is 6.42 Å². The van der Waals surface area contributed by atoms with Gasteiger partial charge in [-0.05, 0) is 29.8 Å². The maximum Gasteiger partial charge on any atom is 0.263 e. The summed E-state index contributed by atoms with van der Waals surface area (Å²) in [6, 6.07) is 10.2. The van der Waals surface area contributed by atoms with Gasteiger partial charge in [0.1, 0.15) is 0 Å². The number of benzene rings is 2. The van der Waals surface area contributed by atoms with E-state index in [0.29, 0.717) is 11.1 Å². The number of carbonyl (C=O) groups excluding carboxylic acids is 3. The maximum atomic E-state index is 12.4. The normalized spacial score (nSPS) is 13.4. The Kier molecular flexibility index (Phi) is 3.77. The highest BCUT2D eigenvalue weighted by Crippen LogP contribution is 2.29. The Morgan fingerprint density at radius 3 is 2.61 bits per heavy atom. The molecule has 0 bridgehead atoms. The van der Waals surface area contributed by atoms with Gasteiger partial charge in [-0.2, -0.15) is 0 Å². The van der Waals surface area contributed by atoms with Crippen LogP contribution in [0.4, 0.5) is 5.69 Å². The lowest BCUT2D eigenvalue weighted by Gasteiger charge is -2.06. The Balaban J connectivity index is 1.94. The van der Waals surface area contributed by atoms with Gasteiger partial charge in [-0.25, -0.2) is 0 Å². The molecule has 0 unspecified atom stereocenters. The van der Waals surface area contributed by atoms with E-state index in [1.807, 2.05) is 6.07 Å². The van der Waals surface area contributed by atoms with Gasteiger partial charge in [-0.15, -0.1) is 0 Å². The number of fused-ring (bicyclic) bond motifs is 1. The van der Waals surface area contributed by atoms with Crippen LogP contribution in [0, 0.1) is 0 Å². The van der Waals surface area contributed by atoms with E-state index in [1.54, 1.807) is 30.3 Å². The average Bonchev–Trinajstić information content (AvgIpc) is 2.72. The predicted molar refractivity (Wildman–Crippen MR) is 89.5 cm³/mol. The lowest BCUT2D eigenvalue weighted by molar-refractivity contribution is 0.0693. The molecule has 2 N–H and O–H groups in total. The number of hydrogen-bond acceptors (Lipinski definition) is 4. The SMILES string of the molecule is CN1C(=O)c2cc(CC(=O)c3cccc(Br)c3)cc(N)c2C1=O. The molecule has 1 aliphatic rings. The third-order valence-corrected chi connectivity index (χ3v) is 4.29. The van der Waals surface area contributed by atoms with Crippen molar-refractivity contribution in [2.24, 2.45) is 0 Å². The lowest BCUT2D eigenvalue weighted by Crippen LogP contribution is -2.24. The van der Waals surface area contributed by atoms with Gasteiger partial charge >= 0.3 is 0 Å². The number of rotatable bonds is 3. The molecule has 0 saturated carbocycles. The summed E-state index contributed by atoms with van der Waals surface area (Å²) < 4.78 is 0.819. The zero-order valence-electron chi connectivity index (χ0n) is 12.3. The fourth-order valence-electron chi connectivity index (χ4n) is 2.63. The van der Waals surface area contributed by atoms with Gasteiger partial charge in [-0.1, -0.05) is 28.1 Å². The van der Waals surface area contributed by atoms with Gasteiger partial charge in [0, 0.05) is 29.2 Å². The first-order valence-electron chi connectivity index (χ1n) is 6.92. The second-order valence-corrected chi connectivity index (χ2v) is 6.30. The van der Waals surface area contributed by atoms with Gasteiger partial charge in [-0.3, -0.25) is 19.3 Å². The summed E-state index contributed by atoms with van der Waals surface area (Å²) in [6.07, 6.45) is 0.110. The van der Waals surface area contributed by atoms with Crippen molar-refractivity contribution >= 4 is 39.2 Å². The van der Waals surface area contributed by atoms with Crippen molar-refractivity contribution in [3.8, 4) is 0 Å². The second-order valence-electron chi connectivity index (χ2n) is 5.39. The molecule has 116 valence electrons. The fraction of sp³-hybridized carbons (Fsp3) is 0.118. The highest BCUT2D eigenvalue weighted by atomic mass is 79.9. The van der Waals surface area contributed by atoms with Crippen LogP contribution in [0.5, 0.6) is 0 Å². The number of nitrogens with two attached hydrogens (primary N) is 1. The number of Topliss-reactive ketones (excluding diaryl/α,β-unsaturated/α-hetero) is 1. The van der Waals surface area contributed by atoms with Crippen LogP contribution in [0.15, 0.2) is 40.9 Å². The van der Waals surface area contributed by atoms with E-state index >= 15 is 0 Å². The first-order valence-corrected chi connectivity index (χ1v) is 7.71. The molecule has 1 heterocycles. The number of carbonyl (C=O) groups is 3. The summed E-state index contributed by atoms with van der Waals surface area (Å²) in [5.41, 5.74) is 7.79. The minimum atomic E-state index is -0.410. The number of ketones is 1. The molecule has 0 spiro atoms. The molecule has 5 nitrogen and oxygen atoms in total. The Labute approximate surface area is 141 Å². The van der Waals surface area contributed by atoms with E-state index in [0.717, 1.165) is 9.37 Å². The Morgan fingerprint density at radius 2 is 1.91 bits per heavy atom. The van der Waals surface area contributed by atoms with Crippen LogP contribution in [0.3, 0.4) is 0 Å². The summed E-state index contributed by atoms with van der Waals surface area (Å²) in [5, 5.41) is 0. The van der Waals surface area contributed by atoms with Crippen molar-refractivity contribution in [2.75, 3.05) is 12.8 Å². The average molecular weight is 373 g/mol. The summed E-state index contributed by atoms with van der Waals surface area (Å²) in [4.78, 5) is 37.4. The predicted octanol–water partition coefficient (Wildman–Crippen LogP) is 2.68. The number of nitrogen functional groups attached to an aromatic ring is 1. The third kappa shape index (κ3) is 2.66. The number of imide groups is 1. The number of anilines is 1. The summed E-state index contributed by atoms with van der Waals surface area (Å²) in [6.45, 7) is 0. The highest BCUT2D eigenvalue weighted by Gasteiger charge is 2.35. The molecule has 0 radical (unpaired) electrons. The Bertz CT molecular complexity index is 861. The van der Waals surface area contributed by atoms with E-state index in [1.165, 1.54) is 7.05 Å². The number of hydrogen-bond donors (Lipinski definition) is 1. The zero-order chi connectivity index (χ0) is 16.7. The molecular formula is C17H13BrN2O3. The molecule has 2 amide bonds. The molecule has 3 rings (SSSR count). The first kappa shape index (κ1) is 15.4. The monoisotopic (exact) mass is 372 g/mol. The van der Waals surface area contributed by atoms with Crippen molar-refractivity contribution in [3.63, 3.8) is 0 Å². The van der Waals surface area contributed by atoms with E-state index in [9.17, 15) is 14.4 Å². The molecule has 0 fully saturated rings. The van der Waals surface area contributed by atoms with Crippen LogP contribution in [-0.2, 0) is 6.42 Å². The summed E-state index contributed by atoms with van der Waals surface area (Å²) in [5.74, 6) is -0.892. The van der Waals surface area contributed by atoms with Gasteiger partial charge in [0.2, 0.25) is 0 Å². The van der Waals surface area contributed by atoms with Crippen molar-refractivity contribution < 1.29 is 14.4 Å². The van der Waals surface area contributed by atoms with Gasteiger partial charge < -0.3 is 5.73 Å². The smallest absolute Gasteiger partial charge is 0.263 e. The van der Waals surface area contributed by atoms with Gasteiger partial charge in [0.05, 0.1) is 11.1 Å². The highest BCUT2D eigenvalue weighted by molar-refractivity contribution is 9.10. The van der Waals surface area contributed by atoms with E-state index in [-0.39, 0.29) is 29.0 Å². The lowest BCUT2D eigenvalue weighted by atomic mass is 9.98. The molecule has 23 heavy (non-hydrogen) atoms. The molecule has 6 heteroatoms. The summed E-state index contributed by atoms with van der Waals surface area (Å²) >= 11 is 3.33. The fourth-order valence-corrected chi connectivity index (χ4v) is 3.03. The second kappa shape index (κ2) is 5.62. The molecule has 0 atom stereocenters. The van der Waals surface area contributed by atoms with E-state index in [2.05, 4.69) is 15.9 Å². The Hall–Kier alpha value is -2.47. The van der Waals surface area contributed by atoms with Crippen LogP contribution in [-0.4, -0.2) is 29.5 Å². The molecular weight excluding hydrogens is 360 g/mol. The van der Waals surface area contributed by atoms with Gasteiger partial charge in [0.15, 0.2) is 5.78 Å². The molecule has 2 aromatic carbocycles. The zero-order valence-corrected chi connectivity index (χ0v) is 13.9. The van der Waals surface area contributed by atoms with Crippen molar-refractivity contribution in [1.82, 2.24) is 4.90 Å². The van der Waals surface area contributed by atoms with E-state index < -0.39 is 11.8 Å². The molecule has 0 saturated heterocycles. The van der Waals surface area contributed by atoms with Gasteiger partial charge in [0.25, 0.3) is 11.8 Å². The topological polar surface area (TPSA) is 80.5 Å². The number of halogens is 1. The van der Waals surface area contributed by atoms with Crippen LogP contribution in [0.25, 0.3) is 0 Å². The minimum absolute atomic E-state index is 0.0872. The van der Waals surface area contributed by atoms with Crippen LogP contribution < -0.4 is 5.73 Å². The number of amides is 2. The van der Waals surface area contributed by atoms with Crippen molar-refractivity contribution in [1.29, 1.82) is 0 Å². The van der Waals surface area contributed by atoms with Crippen LogP contribution in [0.2, 0.25) is 0 Å². The minimum Gasteiger partial charge on any atom is -0.398 e. The van der Waals surface area contributed by atoms with E-state index in [4.69, 9.17) is 5.73 Å². The molecule has 2 aromatic rings. The first-order chi connectivity index (χ1) is 10.9. The standard InChI is InChI=1S/C17H13BrN2O3/c1-20-16(22)12-5-9(6-13(19)15(12)17(20)23)7-14(21)10-3-2-4-11(18)8-10/h2-6,8H,7,19H2,1H3.